The molecule has 1 fully saturated rings. The third kappa shape index (κ3) is 2.51. The Balaban J connectivity index is 2.92. The molecule has 0 spiro atoms. The predicted molar refractivity (Wildman–Crippen MR) is 62.8 cm³/mol. The molecule has 0 saturated carbocycles. The SMILES string of the molecule is CCC(C)N1C(=O)C(C)(C)NCCC1C. The molecule has 2 unspecified atom stereocenters. The van der Waals surface area contributed by atoms with Crippen LogP contribution >= 0.6 is 0 Å². The summed E-state index contributed by atoms with van der Waals surface area (Å²) in [4.78, 5) is 14.4. The summed E-state index contributed by atoms with van der Waals surface area (Å²) in [6.45, 7) is 11.3. The van der Waals surface area contributed by atoms with Crippen molar-refractivity contribution in [2.45, 2.75) is 65.1 Å². The molecule has 0 aromatic rings. The van der Waals surface area contributed by atoms with Gasteiger partial charge in [0.15, 0.2) is 0 Å². The second kappa shape index (κ2) is 4.52. The lowest BCUT2D eigenvalue weighted by molar-refractivity contribution is -0.140. The van der Waals surface area contributed by atoms with Gasteiger partial charge >= 0.3 is 0 Å². The van der Waals surface area contributed by atoms with Gasteiger partial charge < -0.3 is 10.2 Å². The predicted octanol–water partition coefficient (Wildman–Crippen LogP) is 1.77. The Labute approximate surface area is 93.2 Å². The number of hydrogen-bond donors (Lipinski definition) is 1. The average molecular weight is 212 g/mol. The van der Waals surface area contributed by atoms with E-state index in [-0.39, 0.29) is 5.91 Å². The number of nitrogens with zero attached hydrogens (tertiary/aromatic N) is 1. The summed E-state index contributed by atoms with van der Waals surface area (Å²) in [6.07, 6.45) is 2.06. The van der Waals surface area contributed by atoms with E-state index in [4.69, 9.17) is 0 Å². The van der Waals surface area contributed by atoms with E-state index < -0.39 is 5.54 Å². The van der Waals surface area contributed by atoms with Crippen LogP contribution in [0.25, 0.3) is 0 Å². The van der Waals surface area contributed by atoms with Crippen LogP contribution in [0.5, 0.6) is 0 Å². The molecule has 0 aromatic heterocycles. The number of carbonyl (C=O) groups is 1. The van der Waals surface area contributed by atoms with Crippen molar-refractivity contribution in [3.63, 3.8) is 0 Å². The molecule has 1 saturated heterocycles. The van der Waals surface area contributed by atoms with Crippen molar-refractivity contribution in [2.75, 3.05) is 6.54 Å². The van der Waals surface area contributed by atoms with Crippen LogP contribution < -0.4 is 5.32 Å². The molecule has 0 aromatic carbocycles. The van der Waals surface area contributed by atoms with Crippen molar-refractivity contribution in [3.8, 4) is 0 Å². The van der Waals surface area contributed by atoms with Crippen LogP contribution in [0, 0.1) is 0 Å². The van der Waals surface area contributed by atoms with Crippen LogP contribution in [0.4, 0.5) is 0 Å². The summed E-state index contributed by atoms with van der Waals surface area (Å²) in [7, 11) is 0. The summed E-state index contributed by atoms with van der Waals surface area (Å²) >= 11 is 0. The zero-order valence-corrected chi connectivity index (χ0v) is 10.6. The minimum Gasteiger partial charge on any atom is -0.336 e. The van der Waals surface area contributed by atoms with Crippen LogP contribution in [-0.2, 0) is 4.79 Å². The van der Waals surface area contributed by atoms with Crippen LogP contribution in [0.3, 0.4) is 0 Å². The Kier molecular flexibility index (Phi) is 3.77. The van der Waals surface area contributed by atoms with Crippen molar-refractivity contribution >= 4 is 5.91 Å². The third-order valence-electron chi connectivity index (χ3n) is 3.44. The maximum absolute atomic E-state index is 12.3. The second-order valence-electron chi connectivity index (χ2n) is 5.16. The Morgan fingerprint density at radius 1 is 1.60 bits per heavy atom. The van der Waals surface area contributed by atoms with Gasteiger partial charge in [0.25, 0.3) is 0 Å². The molecular formula is C12H24N2O. The number of rotatable bonds is 2. The highest BCUT2D eigenvalue weighted by Gasteiger charge is 2.37. The van der Waals surface area contributed by atoms with Crippen molar-refractivity contribution in [2.24, 2.45) is 0 Å². The van der Waals surface area contributed by atoms with Crippen molar-refractivity contribution in [1.29, 1.82) is 0 Å². The van der Waals surface area contributed by atoms with Gasteiger partial charge in [0, 0.05) is 12.1 Å². The van der Waals surface area contributed by atoms with Crippen LogP contribution in [0.15, 0.2) is 0 Å². The van der Waals surface area contributed by atoms with Gasteiger partial charge in [-0.15, -0.1) is 0 Å². The fourth-order valence-electron chi connectivity index (χ4n) is 2.16. The highest BCUT2D eigenvalue weighted by molar-refractivity contribution is 5.86. The molecule has 1 rings (SSSR count). The maximum Gasteiger partial charge on any atom is 0.242 e. The molecule has 15 heavy (non-hydrogen) atoms. The molecule has 2 atom stereocenters. The molecule has 0 bridgehead atoms. The smallest absolute Gasteiger partial charge is 0.242 e. The third-order valence-corrected chi connectivity index (χ3v) is 3.44. The lowest BCUT2D eigenvalue weighted by Gasteiger charge is -2.36. The normalized spacial score (nSPS) is 28.7. The number of amides is 1. The molecular weight excluding hydrogens is 188 g/mol. The maximum atomic E-state index is 12.3. The molecule has 0 radical (unpaired) electrons. The largest absolute Gasteiger partial charge is 0.336 e. The first kappa shape index (κ1) is 12.5. The van der Waals surface area contributed by atoms with Gasteiger partial charge in [0.2, 0.25) is 5.91 Å². The quantitative estimate of drug-likeness (QED) is 0.756. The van der Waals surface area contributed by atoms with E-state index in [1.807, 2.05) is 13.8 Å². The van der Waals surface area contributed by atoms with Crippen molar-refractivity contribution in [3.05, 3.63) is 0 Å². The Bertz CT molecular complexity index is 238. The van der Waals surface area contributed by atoms with Crippen LogP contribution in [-0.4, -0.2) is 35.0 Å². The van der Waals surface area contributed by atoms with Crippen molar-refractivity contribution in [1.82, 2.24) is 10.2 Å². The van der Waals surface area contributed by atoms with E-state index in [9.17, 15) is 4.79 Å². The minimum atomic E-state index is -0.409. The first-order valence-corrected chi connectivity index (χ1v) is 5.98. The standard InChI is InChI=1S/C12H24N2O/c1-6-9(2)14-10(3)7-8-13-12(4,5)11(14)15/h9-10,13H,6-8H2,1-5H3. The first-order chi connectivity index (χ1) is 6.90. The molecule has 1 aliphatic rings. The fraction of sp³-hybridized carbons (Fsp3) is 0.917. The number of hydrogen-bond acceptors (Lipinski definition) is 2. The topological polar surface area (TPSA) is 32.3 Å². The molecule has 1 aliphatic heterocycles. The number of carbonyl (C=O) groups excluding carboxylic acids is 1. The highest BCUT2D eigenvalue weighted by atomic mass is 16.2. The molecule has 88 valence electrons. The monoisotopic (exact) mass is 212 g/mol. The summed E-state index contributed by atoms with van der Waals surface area (Å²) in [5.74, 6) is 0.238. The molecule has 1 N–H and O–H groups in total. The average Bonchev–Trinajstić information content (AvgIpc) is 2.25. The van der Waals surface area contributed by atoms with E-state index in [0.29, 0.717) is 12.1 Å². The molecule has 3 nitrogen and oxygen atoms in total. The summed E-state index contributed by atoms with van der Waals surface area (Å²) in [5, 5.41) is 3.32. The van der Waals surface area contributed by atoms with E-state index in [0.717, 1.165) is 19.4 Å². The second-order valence-corrected chi connectivity index (χ2v) is 5.16. The lowest BCUT2D eigenvalue weighted by Crippen LogP contribution is -2.55. The van der Waals surface area contributed by atoms with E-state index >= 15 is 0 Å². The van der Waals surface area contributed by atoms with Gasteiger partial charge in [0.05, 0.1) is 5.54 Å². The van der Waals surface area contributed by atoms with Gasteiger partial charge in [-0.1, -0.05) is 6.92 Å². The summed E-state index contributed by atoms with van der Waals surface area (Å²) < 4.78 is 0. The summed E-state index contributed by atoms with van der Waals surface area (Å²) in [5.41, 5.74) is -0.409. The lowest BCUT2D eigenvalue weighted by atomic mass is 10.0. The van der Waals surface area contributed by atoms with E-state index in [1.165, 1.54) is 0 Å². The Morgan fingerprint density at radius 3 is 2.73 bits per heavy atom. The van der Waals surface area contributed by atoms with Gasteiger partial charge in [-0.2, -0.15) is 0 Å². The molecule has 3 heteroatoms. The minimum absolute atomic E-state index is 0.238. The van der Waals surface area contributed by atoms with Gasteiger partial charge in [0.1, 0.15) is 0 Å². The zero-order chi connectivity index (χ0) is 11.6. The first-order valence-electron chi connectivity index (χ1n) is 5.98. The van der Waals surface area contributed by atoms with Crippen LogP contribution in [0.1, 0.15) is 47.5 Å². The van der Waals surface area contributed by atoms with Gasteiger partial charge in [-0.25, -0.2) is 0 Å². The van der Waals surface area contributed by atoms with Gasteiger partial charge in [-0.05, 0) is 47.1 Å². The Morgan fingerprint density at radius 2 is 2.20 bits per heavy atom. The van der Waals surface area contributed by atoms with Crippen LogP contribution in [0.2, 0.25) is 0 Å². The molecule has 0 aliphatic carbocycles. The summed E-state index contributed by atoms with van der Waals surface area (Å²) in [6, 6.07) is 0.688. The van der Waals surface area contributed by atoms with Crippen molar-refractivity contribution < 1.29 is 4.79 Å². The highest BCUT2D eigenvalue weighted by Crippen LogP contribution is 2.20. The molecule has 1 amide bonds. The van der Waals surface area contributed by atoms with Gasteiger partial charge in [-0.3, -0.25) is 4.79 Å². The van der Waals surface area contributed by atoms with E-state index in [2.05, 4.69) is 31.0 Å². The van der Waals surface area contributed by atoms with E-state index in [1.54, 1.807) is 0 Å². The Hall–Kier alpha value is -0.570. The fourth-order valence-corrected chi connectivity index (χ4v) is 2.16. The number of nitrogens with one attached hydrogen (secondary N) is 1. The zero-order valence-electron chi connectivity index (χ0n) is 10.6. The molecule has 1 heterocycles.